The molecule has 0 spiro atoms. The van der Waals surface area contributed by atoms with Gasteiger partial charge in [0, 0.05) is 10.0 Å². The number of benzene rings is 1. The van der Waals surface area contributed by atoms with Gasteiger partial charge < -0.3 is 5.11 Å². The lowest BCUT2D eigenvalue weighted by Gasteiger charge is -2.11. The molecule has 0 saturated heterocycles. The van der Waals surface area contributed by atoms with E-state index >= 15 is 0 Å². The second kappa shape index (κ2) is 2.79. The number of aliphatic hydroxyl groups is 1. The van der Waals surface area contributed by atoms with Gasteiger partial charge in [0.2, 0.25) is 0 Å². The highest BCUT2D eigenvalue weighted by molar-refractivity contribution is 9.10. The molecule has 1 aliphatic rings. The van der Waals surface area contributed by atoms with Crippen LogP contribution in [0.25, 0.3) is 0 Å². The fraction of sp³-hybridized carbons (Fsp3) is 0.400. The molecule has 0 radical (unpaired) electrons. The average molecular weight is 245 g/mol. The molecule has 0 aromatic heterocycles. The van der Waals surface area contributed by atoms with Crippen LogP contribution in [0.3, 0.4) is 0 Å². The Kier molecular flexibility index (Phi) is 1.96. The topological polar surface area (TPSA) is 20.2 Å². The molecule has 3 heteroatoms. The highest BCUT2D eigenvalue weighted by Gasteiger charge is 2.44. The first kappa shape index (κ1) is 9.16. The maximum absolute atomic E-state index is 13.4. The Morgan fingerprint density at radius 3 is 2.62 bits per heavy atom. The lowest BCUT2D eigenvalue weighted by Crippen LogP contribution is -2.07. The fourth-order valence-corrected chi connectivity index (χ4v) is 1.73. The Labute approximate surface area is 84.7 Å². The van der Waals surface area contributed by atoms with Crippen molar-refractivity contribution in [2.75, 3.05) is 0 Å². The van der Waals surface area contributed by atoms with Gasteiger partial charge in [-0.2, -0.15) is 0 Å². The van der Waals surface area contributed by atoms with Crippen LogP contribution in [0, 0.1) is 12.7 Å². The maximum atomic E-state index is 13.4. The van der Waals surface area contributed by atoms with Crippen molar-refractivity contribution >= 4 is 15.9 Å². The first-order valence-corrected chi connectivity index (χ1v) is 5.01. The smallest absolute Gasteiger partial charge is 0.129 e. The van der Waals surface area contributed by atoms with Gasteiger partial charge in [0.05, 0.1) is 5.60 Å². The molecular weight excluding hydrogens is 235 g/mol. The molecule has 0 bridgehead atoms. The van der Waals surface area contributed by atoms with Crippen molar-refractivity contribution in [2.24, 2.45) is 0 Å². The van der Waals surface area contributed by atoms with E-state index in [1.165, 1.54) is 6.07 Å². The Morgan fingerprint density at radius 1 is 1.46 bits per heavy atom. The van der Waals surface area contributed by atoms with Crippen molar-refractivity contribution in [3.8, 4) is 0 Å². The fourth-order valence-electron chi connectivity index (χ4n) is 1.39. The molecule has 0 unspecified atom stereocenters. The van der Waals surface area contributed by atoms with Crippen LogP contribution in [0.2, 0.25) is 0 Å². The number of aryl methyl sites for hydroxylation is 1. The molecule has 1 saturated carbocycles. The van der Waals surface area contributed by atoms with Gasteiger partial charge in [0.1, 0.15) is 5.82 Å². The second-order valence-corrected chi connectivity index (χ2v) is 4.47. The standard InChI is InChI=1S/C10H10BrFO/c1-6-4-9(12)7(5-8(6)11)10(13)2-3-10/h4-5,13H,2-3H2,1H3. The molecule has 1 N–H and O–H groups in total. The van der Waals surface area contributed by atoms with Gasteiger partial charge in [-0.25, -0.2) is 4.39 Å². The van der Waals surface area contributed by atoms with Gasteiger partial charge in [0.25, 0.3) is 0 Å². The summed E-state index contributed by atoms with van der Waals surface area (Å²) in [6.45, 7) is 1.83. The summed E-state index contributed by atoms with van der Waals surface area (Å²) in [6, 6.07) is 3.13. The number of hydrogen-bond donors (Lipinski definition) is 1. The summed E-state index contributed by atoms with van der Waals surface area (Å²) in [5, 5.41) is 9.74. The van der Waals surface area contributed by atoms with Crippen LogP contribution in [0.5, 0.6) is 0 Å². The lowest BCUT2D eigenvalue weighted by atomic mass is 10.1. The largest absolute Gasteiger partial charge is 0.385 e. The van der Waals surface area contributed by atoms with Crippen molar-refractivity contribution in [3.63, 3.8) is 0 Å². The van der Waals surface area contributed by atoms with Gasteiger partial charge in [-0.15, -0.1) is 0 Å². The number of rotatable bonds is 1. The van der Waals surface area contributed by atoms with E-state index in [-0.39, 0.29) is 5.82 Å². The third-order valence-electron chi connectivity index (χ3n) is 2.47. The van der Waals surface area contributed by atoms with Crippen LogP contribution in [0.15, 0.2) is 16.6 Å². The highest BCUT2D eigenvalue weighted by Crippen LogP contribution is 2.47. The van der Waals surface area contributed by atoms with Crippen molar-refractivity contribution in [1.82, 2.24) is 0 Å². The van der Waals surface area contributed by atoms with E-state index in [1.807, 2.05) is 6.92 Å². The van der Waals surface area contributed by atoms with Crippen LogP contribution in [-0.2, 0) is 5.60 Å². The minimum Gasteiger partial charge on any atom is -0.385 e. The Balaban J connectivity index is 2.52. The summed E-state index contributed by atoms with van der Waals surface area (Å²) in [6.07, 6.45) is 1.33. The van der Waals surface area contributed by atoms with E-state index in [1.54, 1.807) is 6.07 Å². The average Bonchev–Trinajstić information content (AvgIpc) is 2.77. The highest BCUT2D eigenvalue weighted by atomic mass is 79.9. The van der Waals surface area contributed by atoms with Gasteiger partial charge in [-0.3, -0.25) is 0 Å². The minimum atomic E-state index is -0.889. The van der Waals surface area contributed by atoms with Crippen LogP contribution in [0.1, 0.15) is 24.0 Å². The van der Waals surface area contributed by atoms with E-state index in [0.717, 1.165) is 10.0 Å². The van der Waals surface area contributed by atoms with E-state index in [0.29, 0.717) is 18.4 Å². The molecule has 13 heavy (non-hydrogen) atoms. The molecule has 2 rings (SSSR count). The molecule has 1 aromatic rings. The number of halogens is 2. The summed E-state index contributed by atoms with van der Waals surface area (Å²) in [5.74, 6) is -0.305. The first-order chi connectivity index (χ1) is 6.03. The zero-order valence-corrected chi connectivity index (χ0v) is 8.86. The SMILES string of the molecule is Cc1cc(F)c(C2(O)CC2)cc1Br. The third kappa shape index (κ3) is 1.51. The van der Waals surface area contributed by atoms with Crippen molar-refractivity contribution in [3.05, 3.63) is 33.5 Å². The predicted molar refractivity (Wildman–Crippen MR) is 52.0 cm³/mol. The third-order valence-corrected chi connectivity index (χ3v) is 3.33. The summed E-state index contributed by atoms with van der Waals surface area (Å²) in [7, 11) is 0. The van der Waals surface area contributed by atoms with E-state index in [4.69, 9.17) is 0 Å². The van der Waals surface area contributed by atoms with Gasteiger partial charge in [-0.1, -0.05) is 15.9 Å². The second-order valence-electron chi connectivity index (χ2n) is 3.61. The van der Waals surface area contributed by atoms with Crippen LogP contribution in [-0.4, -0.2) is 5.11 Å². The quantitative estimate of drug-likeness (QED) is 0.806. The van der Waals surface area contributed by atoms with Gasteiger partial charge in [0.15, 0.2) is 0 Å². The number of hydrogen-bond acceptors (Lipinski definition) is 1. The molecule has 0 amide bonds. The predicted octanol–water partition coefficient (Wildman–Crippen LogP) is 2.88. The van der Waals surface area contributed by atoms with E-state index in [2.05, 4.69) is 15.9 Å². The van der Waals surface area contributed by atoms with Crippen molar-refractivity contribution in [1.29, 1.82) is 0 Å². The molecule has 1 fully saturated rings. The first-order valence-electron chi connectivity index (χ1n) is 4.21. The molecular formula is C10H10BrFO. The summed E-state index contributed by atoms with van der Waals surface area (Å²) < 4.78 is 14.2. The Bertz CT molecular complexity index is 358. The normalized spacial score (nSPS) is 18.8. The summed E-state index contributed by atoms with van der Waals surface area (Å²) in [4.78, 5) is 0. The lowest BCUT2D eigenvalue weighted by molar-refractivity contribution is 0.146. The van der Waals surface area contributed by atoms with Crippen molar-refractivity contribution in [2.45, 2.75) is 25.4 Å². The Hall–Kier alpha value is -0.410. The maximum Gasteiger partial charge on any atom is 0.129 e. The van der Waals surface area contributed by atoms with Crippen LogP contribution >= 0.6 is 15.9 Å². The monoisotopic (exact) mass is 244 g/mol. The Morgan fingerprint density at radius 2 is 2.08 bits per heavy atom. The molecule has 1 aliphatic carbocycles. The molecule has 1 aromatic carbocycles. The van der Waals surface area contributed by atoms with E-state index < -0.39 is 5.60 Å². The molecule has 1 nitrogen and oxygen atoms in total. The summed E-state index contributed by atoms with van der Waals surface area (Å²) in [5.41, 5.74) is 0.385. The summed E-state index contributed by atoms with van der Waals surface area (Å²) >= 11 is 3.32. The molecule has 0 heterocycles. The minimum absolute atomic E-state index is 0.305. The van der Waals surface area contributed by atoms with Crippen molar-refractivity contribution < 1.29 is 9.50 Å². The van der Waals surface area contributed by atoms with Gasteiger partial charge in [-0.05, 0) is 37.5 Å². The van der Waals surface area contributed by atoms with Gasteiger partial charge >= 0.3 is 0 Å². The van der Waals surface area contributed by atoms with E-state index in [9.17, 15) is 9.50 Å². The van der Waals surface area contributed by atoms with Crippen LogP contribution < -0.4 is 0 Å². The molecule has 0 atom stereocenters. The molecule has 70 valence electrons. The zero-order valence-electron chi connectivity index (χ0n) is 7.27. The molecule has 0 aliphatic heterocycles. The van der Waals surface area contributed by atoms with Crippen LogP contribution in [0.4, 0.5) is 4.39 Å². The zero-order chi connectivity index (χ0) is 9.64.